The van der Waals surface area contributed by atoms with Gasteiger partial charge in [-0.2, -0.15) is 0 Å². The molecule has 2 amide bonds. The summed E-state index contributed by atoms with van der Waals surface area (Å²) in [5.74, 6) is -0.560. The van der Waals surface area contributed by atoms with Crippen LogP contribution < -0.4 is 15.5 Å². The fourth-order valence-corrected chi connectivity index (χ4v) is 4.26. The molecule has 0 atom stereocenters. The van der Waals surface area contributed by atoms with E-state index in [1.807, 2.05) is 9.88 Å². The number of anilines is 2. The summed E-state index contributed by atoms with van der Waals surface area (Å²) in [6, 6.07) is 16.0. The normalized spacial score (nSPS) is 16.8. The van der Waals surface area contributed by atoms with E-state index in [0.29, 0.717) is 28.4 Å². The van der Waals surface area contributed by atoms with Crippen LogP contribution in [0.1, 0.15) is 85.3 Å². The van der Waals surface area contributed by atoms with E-state index in [-0.39, 0.29) is 31.7 Å². The highest BCUT2D eigenvalue weighted by Gasteiger charge is 2.21. The van der Waals surface area contributed by atoms with Gasteiger partial charge in [-0.3, -0.25) is 25.2 Å². The van der Waals surface area contributed by atoms with Crippen LogP contribution >= 0.6 is 0 Å². The number of amides is 2. The number of aromatic nitrogens is 3. The molecular weight excluding hydrogens is 586 g/mol. The Morgan fingerprint density at radius 1 is 1.04 bits per heavy atom. The number of amidine groups is 1. The number of ether oxygens (including phenoxy) is 2. The molecule has 0 unspecified atom stereocenters. The highest BCUT2D eigenvalue weighted by molar-refractivity contribution is 6.07. The molecule has 0 saturated carbocycles. The van der Waals surface area contributed by atoms with Crippen molar-refractivity contribution >= 4 is 46.3 Å². The first-order chi connectivity index (χ1) is 27.2. The number of benzene rings is 2. The number of carbonyl (C=O) groups is 3. The second-order valence-corrected chi connectivity index (χ2v) is 9.41. The van der Waals surface area contributed by atoms with Gasteiger partial charge in [-0.15, -0.1) is 0 Å². The van der Waals surface area contributed by atoms with Crippen LogP contribution in [0.25, 0.3) is 11.0 Å². The second kappa shape index (κ2) is 16.7. The summed E-state index contributed by atoms with van der Waals surface area (Å²) in [7, 11) is 1.79. The quantitative estimate of drug-likeness (QED) is 0.0836. The molecule has 12 nitrogen and oxygen atoms in total. The highest BCUT2D eigenvalue weighted by atomic mass is 16.5. The Kier molecular flexibility index (Phi) is 7.26. The number of pyridine rings is 1. The van der Waals surface area contributed by atoms with Gasteiger partial charge in [-0.1, -0.05) is 32.0 Å². The lowest BCUT2D eigenvalue weighted by atomic mass is 10.1. The van der Waals surface area contributed by atoms with E-state index in [2.05, 4.69) is 20.0 Å². The Morgan fingerprint density at radius 3 is 2.59 bits per heavy atom. The number of nitrogens with zero attached hydrogens (tertiary/aromatic N) is 4. The van der Waals surface area contributed by atoms with Gasteiger partial charge >= 0.3 is 12.1 Å². The standard InChI is InChI=1S/C34H41N7O5/c1-4-6-7-10-21-46-34(44)39-32(35)24-12-15-26(16-13-24)37-23-30-38-27-22-25(14-17-28(27)40(30)3)33(43)41(20-18-31(42)45-5-2)29-11-8-9-19-36-29/h8-9,11-17,19,22,37H,4-7,10,18,20-21,23H2,1-3H3,(H2,35,39,44)/i1D3,4D2,6D2,7D2,10D2,21D2. The van der Waals surface area contributed by atoms with Crippen molar-refractivity contribution in [3.63, 3.8) is 0 Å². The summed E-state index contributed by atoms with van der Waals surface area (Å²) in [5, 5.41) is 13.2. The molecular formula is C34H41N7O5. The maximum absolute atomic E-state index is 13.7. The van der Waals surface area contributed by atoms with Crippen LogP contribution in [0.4, 0.5) is 16.3 Å². The lowest BCUT2D eigenvalue weighted by Crippen LogP contribution is -2.34. The zero-order chi connectivity index (χ0) is 44.4. The molecule has 0 spiro atoms. The SMILES string of the molecule is [2H]C([2H])([2H])C([2H])([2H])C([2H])([2H])C([2H])([2H])C([2H])([2H])C([2H])([2H])OC(=O)NC(=N)c1ccc(NCc2nc3cc(C(=O)N(CCC(=O)OCC)c4ccccn4)ccc3n2C)cc1. The molecule has 3 N–H and O–H groups in total. The van der Waals surface area contributed by atoms with Crippen molar-refractivity contribution in [3.8, 4) is 0 Å². The van der Waals surface area contributed by atoms with Crippen molar-refractivity contribution in [1.29, 1.82) is 5.41 Å². The second-order valence-electron chi connectivity index (χ2n) is 9.41. The minimum Gasteiger partial charge on any atom is -0.466 e. The third-order valence-electron chi connectivity index (χ3n) is 6.47. The van der Waals surface area contributed by atoms with Gasteiger partial charge in [-0.05, 0) is 67.9 Å². The number of rotatable bonds is 15. The smallest absolute Gasteiger partial charge is 0.412 e. The maximum Gasteiger partial charge on any atom is 0.412 e. The number of nitrogens with one attached hydrogen (secondary N) is 3. The number of esters is 1. The fourth-order valence-electron chi connectivity index (χ4n) is 4.26. The first-order valence-electron chi connectivity index (χ1n) is 20.5. The van der Waals surface area contributed by atoms with E-state index >= 15 is 0 Å². The zero-order valence-electron chi connectivity index (χ0n) is 38.0. The molecule has 2 heterocycles. The first kappa shape index (κ1) is 20.0. The number of carbonyl (C=O) groups excluding carboxylic acids is 3. The van der Waals surface area contributed by atoms with Gasteiger partial charge in [0.25, 0.3) is 5.91 Å². The van der Waals surface area contributed by atoms with E-state index in [4.69, 9.17) is 28.0 Å². The predicted octanol–water partition coefficient (Wildman–Crippen LogP) is 5.81. The average molecular weight is 641 g/mol. The van der Waals surface area contributed by atoms with Gasteiger partial charge in [0.1, 0.15) is 17.5 Å². The molecule has 0 saturated heterocycles. The first-order valence-corrected chi connectivity index (χ1v) is 14.0. The van der Waals surface area contributed by atoms with Crippen LogP contribution in [0.15, 0.2) is 66.9 Å². The Hall–Kier alpha value is -5.26. The average Bonchev–Trinajstić information content (AvgIpc) is 3.47. The molecule has 0 fully saturated rings. The van der Waals surface area contributed by atoms with Gasteiger partial charge in [0.15, 0.2) is 0 Å². The van der Waals surface area contributed by atoms with Crippen molar-refractivity contribution in [2.45, 2.75) is 52.2 Å². The number of alkyl carbamates (subject to hydrolysis) is 1. The van der Waals surface area contributed by atoms with Crippen molar-refractivity contribution in [1.82, 2.24) is 19.9 Å². The topological polar surface area (TPSA) is 152 Å². The van der Waals surface area contributed by atoms with Gasteiger partial charge in [0.2, 0.25) is 0 Å². The maximum atomic E-state index is 13.7. The van der Waals surface area contributed by atoms with E-state index in [0.717, 1.165) is 5.52 Å². The van der Waals surface area contributed by atoms with Crippen LogP contribution in [0.3, 0.4) is 0 Å². The van der Waals surface area contributed by atoms with E-state index in [9.17, 15) is 14.4 Å². The molecule has 0 aliphatic carbocycles. The molecule has 2 aromatic carbocycles. The van der Waals surface area contributed by atoms with Gasteiger partial charge in [0.05, 0.1) is 39.9 Å². The third-order valence-corrected chi connectivity index (χ3v) is 6.47. The molecule has 0 aliphatic heterocycles. The largest absolute Gasteiger partial charge is 0.466 e. The Balaban J connectivity index is 1.41. The lowest BCUT2D eigenvalue weighted by Gasteiger charge is -2.21. The number of hydrogen-bond acceptors (Lipinski definition) is 9. The number of aryl methyl sites for hydroxylation is 1. The van der Waals surface area contributed by atoms with Crippen LogP contribution in [-0.4, -0.2) is 58.1 Å². The number of fused-ring (bicyclic) bond motifs is 1. The van der Waals surface area contributed by atoms with Crippen molar-refractivity contribution in [2.24, 2.45) is 7.05 Å². The summed E-state index contributed by atoms with van der Waals surface area (Å²) in [4.78, 5) is 48.7. The van der Waals surface area contributed by atoms with Crippen LogP contribution in [-0.2, 0) is 27.9 Å². The van der Waals surface area contributed by atoms with Gasteiger partial charge < -0.3 is 19.4 Å². The Morgan fingerprint density at radius 2 is 1.85 bits per heavy atom. The third kappa shape index (κ3) is 9.13. The molecule has 12 heteroatoms. The van der Waals surface area contributed by atoms with E-state index in [1.54, 1.807) is 50.4 Å². The molecule has 2 aromatic heterocycles. The molecule has 0 aliphatic rings. The minimum absolute atomic E-state index is 0.0348. The van der Waals surface area contributed by atoms with Crippen LogP contribution in [0, 0.1) is 5.41 Å². The highest BCUT2D eigenvalue weighted by Crippen LogP contribution is 2.21. The summed E-state index contributed by atoms with van der Waals surface area (Å²) in [6.45, 7) is -5.65. The molecule has 4 rings (SSSR count). The molecule has 0 radical (unpaired) electrons. The molecule has 4 aromatic rings. The molecule has 0 bridgehead atoms. The van der Waals surface area contributed by atoms with Crippen LogP contribution in [0.5, 0.6) is 0 Å². The number of hydrogen-bond donors (Lipinski definition) is 3. The van der Waals surface area contributed by atoms with Crippen LogP contribution in [0.2, 0.25) is 0 Å². The minimum atomic E-state index is -4.22. The van der Waals surface area contributed by atoms with E-state index < -0.39 is 62.7 Å². The summed E-state index contributed by atoms with van der Waals surface area (Å²) >= 11 is 0. The van der Waals surface area contributed by atoms with Crippen molar-refractivity contribution < 1.29 is 41.7 Å². The fraction of sp³-hybridized carbons (Fsp3) is 0.353. The van der Waals surface area contributed by atoms with Gasteiger partial charge in [-0.25, -0.2) is 14.8 Å². The molecule has 46 heavy (non-hydrogen) atoms. The molecule has 242 valence electrons. The van der Waals surface area contributed by atoms with Crippen molar-refractivity contribution in [3.05, 3.63) is 83.8 Å². The summed E-state index contributed by atoms with van der Waals surface area (Å²) in [5.41, 5.74) is 2.16. The monoisotopic (exact) mass is 640 g/mol. The summed E-state index contributed by atoms with van der Waals surface area (Å²) < 4.78 is 112. The van der Waals surface area contributed by atoms with E-state index in [1.165, 1.54) is 35.4 Å². The lowest BCUT2D eigenvalue weighted by molar-refractivity contribution is -0.142. The number of imidazole rings is 1. The van der Waals surface area contributed by atoms with Gasteiger partial charge in [0, 0.05) is 51.7 Å². The Labute approximate surface area is 286 Å². The summed E-state index contributed by atoms with van der Waals surface area (Å²) in [6.07, 6.45) is -16.8. The zero-order valence-corrected chi connectivity index (χ0v) is 25.0. The predicted molar refractivity (Wildman–Crippen MR) is 177 cm³/mol. The Bertz CT molecular complexity index is 2180. The van der Waals surface area contributed by atoms with Crippen molar-refractivity contribution in [2.75, 3.05) is 29.9 Å².